The van der Waals surface area contributed by atoms with Crippen molar-refractivity contribution in [3.63, 3.8) is 0 Å². The molecule has 0 aromatic heterocycles. The van der Waals surface area contributed by atoms with Crippen LogP contribution in [0.25, 0.3) is 5.70 Å². The molecule has 2 fully saturated rings. The maximum absolute atomic E-state index is 11.9. The number of amides is 1. The Kier molecular flexibility index (Phi) is 3.44. The van der Waals surface area contributed by atoms with Gasteiger partial charge in [-0.1, -0.05) is 36.7 Å². The van der Waals surface area contributed by atoms with Crippen LogP contribution in [0.5, 0.6) is 0 Å². The molecule has 0 N–H and O–H groups in total. The van der Waals surface area contributed by atoms with E-state index < -0.39 is 0 Å². The van der Waals surface area contributed by atoms with E-state index in [1.54, 1.807) is 11.8 Å². The summed E-state index contributed by atoms with van der Waals surface area (Å²) in [6, 6.07) is 9.54. The van der Waals surface area contributed by atoms with Gasteiger partial charge < -0.3 is 9.80 Å². The lowest BCUT2D eigenvalue weighted by atomic mass is 9.90. The van der Waals surface area contributed by atoms with Gasteiger partial charge in [-0.05, 0) is 37.0 Å². The highest BCUT2D eigenvalue weighted by Gasteiger charge is 2.42. The summed E-state index contributed by atoms with van der Waals surface area (Å²) in [5.41, 5.74) is 3.54. The van der Waals surface area contributed by atoms with E-state index in [0.29, 0.717) is 18.5 Å². The second-order valence-corrected chi connectivity index (χ2v) is 7.85. The van der Waals surface area contributed by atoms with Gasteiger partial charge in [0, 0.05) is 24.1 Å². The van der Waals surface area contributed by atoms with E-state index in [4.69, 9.17) is 4.99 Å². The van der Waals surface area contributed by atoms with E-state index in [-0.39, 0.29) is 5.91 Å². The molecule has 3 heterocycles. The quantitative estimate of drug-likeness (QED) is 0.821. The van der Waals surface area contributed by atoms with Gasteiger partial charge in [-0.2, -0.15) is 0 Å². The fourth-order valence-corrected chi connectivity index (χ4v) is 5.37. The number of fused-ring (bicyclic) bond motifs is 3. The highest BCUT2D eigenvalue weighted by Crippen LogP contribution is 2.44. The summed E-state index contributed by atoms with van der Waals surface area (Å²) in [6.45, 7) is 0.851. The van der Waals surface area contributed by atoms with Crippen molar-refractivity contribution in [3.8, 4) is 0 Å². The summed E-state index contributed by atoms with van der Waals surface area (Å²) < 4.78 is 0. The largest absolute Gasteiger partial charge is 0.315 e. The third kappa shape index (κ3) is 2.21. The summed E-state index contributed by atoms with van der Waals surface area (Å²) in [4.78, 5) is 21.2. The van der Waals surface area contributed by atoms with Gasteiger partial charge in [0.25, 0.3) is 0 Å². The molecule has 4 aliphatic rings. The van der Waals surface area contributed by atoms with Crippen molar-refractivity contribution in [2.75, 3.05) is 11.4 Å². The van der Waals surface area contributed by atoms with E-state index in [9.17, 15) is 4.79 Å². The van der Waals surface area contributed by atoms with E-state index in [1.165, 1.54) is 42.1 Å². The summed E-state index contributed by atoms with van der Waals surface area (Å²) in [5, 5.41) is 3.42. The number of carbonyl (C=O) groups excluding carboxylic acids is 1. The molecule has 4 nitrogen and oxygen atoms in total. The molecular formula is C19H21N3OS. The summed E-state index contributed by atoms with van der Waals surface area (Å²) >= 11 is 1.76. The number of nitrogens with zero attached hydrogens (tertiary/aromatic N) is 3. The minimum Gasteiger partial charge on any atom is -0.315 e. The van der Waals surface area contributed by atoms with Crippen LogP contribution in [-0.2, 0) is 4.79 Å². The number of carbonyl (C=O) groups is 1. The molecule has 124 valence electrons. The van der Waals surface area contributed by atoms with Crippen LogP contribution in [0.2, 0.25) is 0 Å². The average molecular weight is 339 g/mol. The minimum absolute atomic E-state index is 0.248. The third-order valence-corrected chi connectivity index (χ3v) is 6.45. The number of thioether (sulfide) groups is 1. The molecule has 5 heteroatoms. The van der Waals surface area contributed by atoms with E-state index in [1.807, 2.05) is 4.90 Å². The zero-order chi connectivity index (χ0) is 16.1. The Morgan fingerprint density at radius 3 is 2.71 bits per heavy atom. The predicted octanol–water partition coefficient (Wildman–Crippen LogP) is 3.84. The topological polar surface area (TPSA) is 35.9 Å². The third-order valence-electron chi connectivity index (χ3n) is 5.59. The summed E-state index contributed by atoms with van der Waals surface area (Å²) in [7, 11) is 0. The zero-order valence-corrected chi connectivity index (χ0v) is 14.5. The van der Waals surface area contributed by atoms with Gasteiger partial charge in [0.05, 0.1) is 17.8 Å². The van der Waals surface area contributed by atoms with Crippen molar-refractivity contribution in [2.24, 2.45) is 4.99 Å². The summed E-state index contributed by atoms with van der Waals surface area (Å²) in [5.74, 6) is 0.248. The molecule has 2 atom stereocenters. The lowest BCUT2D eigenvalue weighted by Crippen LogP contribution is -2.38. The molecule has 24 heavy (non-hydrogen) atoms. The molecule has 1 saturated carbocycles. The number of anilines is 1. The van der Waals surface area contributed by atoms with Gasteiger partial charge in [-0.25, -0.2) is 0 Å². The van der Waals surface area contributed by atoms with E-state index in [2.05, 4.69) is 34.6 Å². The van der Waals surface area contributed by atoms with Gasteiger partial charge in [0.2, 0.25) is 5.91 Å². The molecular weight excluding hydrogens is 318 g/mol. The van der Waals surface area contributed by atoms with E-state index in [0.717, 1.165) is 18.7 Å². The van der Waals surface area contributed by atoms with Crippen LogP contribution in [0.1, 0.15) is 44.1 Å². The van der Waals surface area contributed by atoms with Crippen LogP contribution in [0.4, 0.5) is 5.69 Å². The van der Waals surface area contributed by atoms with Gasteiger partial charge >= 0.3 is 0 Å². The number of hydrogen-bond donors (Lipinski definition) is 0. The normalized spacial score (nSPS) is 28.8. The Balaban J connectivity index is 1.41. The first-order chi connectivity index (χ1) is 11.8. The predicted molar refractivity (Wildman–Crippen MR) is 98.9 cm³/mol. The molecule has 1 aliphatic carbocycles. The molecule has 1 aromatic rings. The number of rotatable bonds is 2. The second kappa shape index (κ2) is 5.66. The maximum atomic E-state index is 11.9. The zero-order valence-electron chi connectivity index (χ0n) is 13.6. The molecule has 3 aliphatic heterocycles. The highest BCUT2D eigenvalue weighted by atomic mass is 32.2. The monoisotopic (exact) mass is 339 g/mol. The second-order valence-electron chi connectivity index (χ2n) is 7.02. The highest BCUT2D eigenvalue weighted by molar-refractivity contribution is 8.16. The fourth-order valence-electron chi connectivity index (χ4n) is 4.36. The Labute approximate surface area is 146 Å². The molecule has 0 unspecified atom stereocenters. The van der Waals surface area contributed by atoms with Crippen LogP contribution in [0.15, 0.2) is 34.7 Å². The van der Waals surface area contributed by atoms with Crippen molar-refractivity contribution < 1.29 is 4.79 Å². The first-order valence-corrected chi connectivity index (χ1v) is 9.84. The minimum atomic E-state index is 0.248. The van der Waals surface area contributed by atoms with Crippen LogP contribution < -0.4 is 4.90 Å². The molecule has 0 bridgehead atoms. The number of amidine groups is 1. The first kappa shape index (κ1) is 14.6. The SMILES string of the molecule is O=C1CCCN1c1ccc(C2=CSC3=N[C@H]4CCCC[C@H]4N23)cc1. The fraction of sp³-hybridized carbons (Fsp3) is 0.474. The Hall–Kier alpha value is -1.75. The van der Waals surface area contributed by atoms with Crippen molar-refractivity contribution in [2.45, 2.75) is 50.6 Å². The Morgan fingerprint density at radius 2 is 1.92 bits per heavy atom. The molecule has 1 aromatic carbocycles. The average Bonchev–Trinajstić information content (AvgIpc) is 3.29. The van der Waals surface area contributed by atoms with Gasteiger partial charge in [0.1, 0.15) is 0 Å². The lowest BCUT2D eigenvalue weighted by molar-refractivity contribution is -0.117. The van der Waals surface area contributed by atoms with Crippen molar-refractivity contribution in [1.29, 1.82) is 0 Å². The van der Waals surface area contributed by atoms with E-state index >= 15 is 0 Å². The Morgan fingerprint density at radius 1 is 1.08 bits per heavy atom. The first-order valence-electron chi connectivity index (χ1n) is 8.96. The maximum Gasteiger partial charge on any atom is 0.227 e. The smallest absolute Gasteiger partial charge is 0.227 e. The van der Waals surface area contributed by atoms with Gasteiger partial charge in [-0.3, -0.25) is 9.79 Å². The molecule has 0 spiro atoms. The molecule has 1 amide bonds. The van der Waals surface area contributed by atoms with Crippen molar-refractivity contribution >= 4 is 34.2 Å². The van der Waals surface area contributed by atoms with Crippen LogP contribution >= 0.6 is 11.8 Å². The van der Waals surface area contributed by atoms with Crippen molar-refractivity contribution in [1.82, 2.24) is 4.90 Å². The standard InChI is InChI=1S/C19H21N3OS/c23-18-6-3-11-21(18)14-9-7-13(8-10-14)17-12-24-19-20-15-4-1-2-5-16(15)22(17)19/h7-10,12,15-16H,1-6,11H2/t15-,16+/m0/s1. The lowest BCUT2D eigenvalue weighted by Gasteiger charge is -2.32. The van der Waals surface area contributed by atoms with Gasteiger partial charge in [-0.15, -0.1) is 0 Å². The van der Waals surface area contributed by atoms with Crippen LogP contribution in [0.3, 0.4) is 0 Å². The number of benzene rings is 1. The summed E-state index contributed by atoms with van der Waals surface area (Å²) in [6.07, 6.45) is 6.76. The molecule has 1 saturated heterocycles. The molecule has 5 rings (SSSR count). The Bertz CT molecular complexity index is 739. The van der Waals surface area contributed by atoms with Gasteiger partial charge in [0.15, 0.2) is 5.17 Å². The number of aliphatic imine (C=N–C) groups is 1. The van der Waals surface area contributed by atoms with Crippen LogP contribution in [0, 0.1) is 0 Å². The van der Waals surface area contributed by atoms with Crippen LogP contribution in [-0.4, -0.2) is 34.6 Å². The number of hydrogen-bond acceptors (Lipinski definition) is 4. The molecule has 0 radical (unpaired) electrons. The van der Waals surface area contributed by atoms with Crippen molar-refractivity contribution in [3.05, 3.63) is 35.2 Å².